The highest BCUT2D eigenvalue weighted by atomic mass is 32.2. The molecule has 0 bridgehead atoms. The Kier molecular flexibility index (Phi) is 11.0. The molecule has 20 heteroatoms. The van der Waals surface area contributed by atoms with Gasteiger partial charge in [-0.2, -0.15) is 16.8 Å². The number of hydrogen-bond donors (Lipinski definition) is 6. The molecule has 54 heavy (non-hydrogen) atoms. The Morgan fingerprint density at radius 2 is 1.28 bits per heavy atom. The van der Waals surface area contributed by atoms with Gasteiger partial charge in [-0.15, -0.1) is 0 Å². The van der Waals surface area contributed by atoms with Crippen molar-refractivity contribution >= 4 is 61.4 Å². The zero-order chi connectivity index (χ0) is 38.6. The first kappa shape index (κ1) is 38.0. The number of nitrogens with zero attached hydrogens (tertiary/aromatic N) is 4. The lowest BCUT2D eigenvalue weighted by Gasteiger charge is -2.41. The first-order chi connectivity index (χ1) is 25.7. The number of anilines is 3. The minimum absolute atomic E-state index is 0.0183. The normalized spacial score (nSPS) is 17.8. The number of nitrogens with one attached hydrogen (secondary N) is 4. The second kappa shape index (κ2) is 15.7. The third-order valence-electron chi connectivity index (χ3n) is 9.21. The Balaban J connectivity index is 1.20. The molecular weight excluding hydrogens is 745 g/mol. The number of para-hydroxylation sites is 1. The van der Waals surface area contributed by atoms with Crippen LogP contribution in [0.1, 0.15) is 43.2 Å². The number of hydrazine groups is 1. The molecule has 18 nitrogen and oxygen atoms in total. The Morgan fingerprint density at radius 1 is 0.741 bits per heavy atom. The van der Waals surface area contributed by atoms with Crippen molar-refractivity contribution in [1.29, 1.82) is 0 Å². The van der Waals surface area contributed by atoms with Crippen LogP contribution in [0.3, 0.4) is 0 Å². The summed E-state index contributed by atoms with van der Waals surface area (Å²) in [5.74, 6) is -2.21. The van der Waals surface area contributed by atoms with E-state index in [1.54, 1.807) is 42.5 Å². The van der Waals surface area contributed by atoms with Crippen LogP contribution in [0.15, 0.2) is 66.7 Å². The molecule has 0 atom stereocenters. The lowest BCUT2D eigenvalue weighted by Crippen LogP contribution is -2.59. The molecule has 2 aliphatic heterocycles. The van der Waals surface area contributed by atoms with Crippen molar-refractivity contribution in [3.05, 3.63) is 77.9 Å². The van der Waals surface area contributed by atoms with Gasteiger partial charge in [0.15, 0.2) is 0 Å². The highest BCUT2D eigenvalue weighted by Crippen LogP contribution is 2.33. The number of benzene rings is 3. The summed E-state index contributed by atoms with van der Waals surface area (Å²) in [5.41, 5.74) is 1.44. The third-order valence-corrected chi connectivity index (χ3v) is 12.0. The molecule has 6 amide bonds. The van der Waals surface area contributed by atoms with Crippen molar-refractivity contribution in [1.82, 2.24) is 24.8 Å². The number of carbonyl (C=O) groups is 4. The van der Waals surface area contributed by atoms with E-state index < -0.39 is 57.4 Å². The van der Waals surface area contributed by atoms with Crippen molar-refractivity contribution in [3.8, 4) is 11.5 Å². The number of amides is 6. The fourth-order valence-electron chi connectivity index (χ4n) is 6.64. The van der Waals surface area contributed by atoms with Gasteiger partial charge in [0.1, 0.15) is 24.6 Å². The number of rotatable bonds is 10. The molecule has 0 unspecified atom stereocenters. The molecule has 2 saturated heterocycles. The van der Waals surface area contributed by atoms with E-state index in [0.29, 0.717) is 29.7 Å². The number of carbonyl (C=O) groups excluding carboxylic acids is 4. The molecule has 3 aliphatic rings. The van der Waals surface area contributed by atoms with Gasteiger partial charge in [0, 0.05) is 18.8 Å². The molecule has 1 aliphatic carbocycles. The van der Waals surface area contributed by atoms with Crippen LogP contribution in [-0.2, 0) is 42.8 Å². The molecule has 2 heterocycles. The first-order valence-electron chi connectivity index (χ1n) is 17.2. The van der Waals surface area contributed by atoms with Gasteiger partial charge >= 0.3 is 32.5 Å². The molecule has 3 fully saturated rings. The highest BCUT2D eigenvalue weighted by molar-refractivity contribution is 7.92. The van der Waals surface area contributed by atoms with E-state index in [9.17, 15) is 46.2 Å². The summed E-state index contributed by atoms with van der Waals surface area (Å²) in [6, 6.07) is 15.8. The predicted octanol–water partition coefficient (Wildman–Crippen LogP) is 2.04. The van der Waals surface area contributed by atoms with E-state index in [1.165, 1.54) is 34.3 Å². The van der Waals surface area contributed by atoms with Crippen LogP contribution >= 0.6 is 0 Å². The van der Waals surface area contributed by atoms with Gasteiger partial charge in [-0.1, -0.05) is 49.6 Å². The van der Waals surface area contributed by atoms with Crippen LogP contribution in [0.5, 0.6) is 11.5 Å². The average molecular weight is 785 g/mol. The zero-order valence-electron chi connectivity index (χ0n) is 29.0. The Bertz CT molecular complexity index is 2150. The fourth-order valence-corrected chi connectivity index (χ4v) is 8.96. The molecule has 0 spiro atoms. The van der Waals surface area contributed by atoms with Crippen LogP contribution < -0.4 is 28.7 Å². The Morgan fingerprint density at radius 3 is 1.78 bits per heavy atom. The summed E-state index contributed by atoms with van der Waals surface area (Å²) in [7, 11) is -8.27. The summed E-state index contributed by atoms with van der Waals surface area (Å²) in [4.78, 5) is 51.5. The van der Waals surface area contributed by atoms with Gasteiger partial charge in [0.05, 0.1) is 17.4 Å². The fraction of sp³-hybridized carbons (Fsp3) is 0.353. The van der Waals surface area contributed by atoms with Crippen molar-refractivity contribution in [3.63, 3.8) is 0 Å². The van der Waals surface area contributed by atoms with Crippen LogP contribution in [-0.4, -0.2) is 93.2 Å². The summed E-state index contributed by atoms with van der Waals surface area (Å²) in [6.07, 6.45) is 4.32. The van der Waals surface area contributed by atoms with Gasteiger partial charge < -0.3 is 20.8 Å². The standard InChI is InChI=1S/C34H40N8O10S2/c43-29-19-23(11-13-27(29)40-21-31(45)37-53(40,49)50)15-17-35-33(47)42(26-9-5-2-6-10-26)39(34(48)36-25-7-3-1-4-8-25)18-16-24-12-14-28(30(44)20-24)41-22-32(46)38-54(41,51)52/h1,3-4,7-8,11-14,19-20,26,43-44H,2,5-6,9-10,15-18,21-22H2,(H,35,47)(H,36,48)(H,37,45)(H,38,46). The molecule has 6 rings (SSSR count). The summed E-state index contributed by atoms with van der Waals surface area (Å²) < 4.78 is 54.4. The maximum absolute atomic E-state index is 14.1. The first-order valence-corrected chi connectivity index (χ1v) is 20.1. The lowest BCUT2D eigenvalue weighted by molar-refractivity contribution is -0.118. The minimum atomic E-state index is -4.15. The van der Waals surface area contributed by atoms with Gasteiger partial charge in [-0.25, -0.2) is 37.7 Å². The Hall–Kier alpha value is -5.76. The van der Waals surface area contributed by atoms with Crippen LogP contribution in [0, 0.1) is 0 Å². The molecule has 0 radical (unpaired) electrons. The van der Waals surface area contributed by atoms with Crippen molar-refractivity contribution in [2.24, 2.45) is 0 Å². The smallest absolute Gasteiger partial charge is 0.340 e. The van der Waals surface area contributed by atoms with Gasteiger partial charge in [-0.3, -0.25) is 9.59 Å². The molecule has 3 aromatic rings. The monoisotopic (exact) mass is 784 g/mol. The second-order valence-electron chi connectivity index (χ2n) is 13.0. The molecule has 288 valence electrons. The van der Waals surface area contributed by atoms with E-state index in [1.807, 2.05) is 9.44 Å². The molecule has 0 aromatic heterocycles. The quantitative estimate of drug-likeness (QED) is 0.164. The highest BCUT2D eigenvalue weighted by Gasteiger charge is 2.37. The molecule has 1 saturated carbocycles. The maximum atomic E-state index is 14.1. The van der Waals surface area contributed by atoms with Crippen molar-refractivity contribution in [2.75, 3.05) is 40.1 Å². The van der Waals surface area contributed by atoms with E-state index >= 15 is 0 Å². The van der Waals surface area contributed by atoms with Crippen molar-refractivity contribution in [2.45, 2.75) is 51.0 Å². The van der Waals surface area contributed by atoms with Crippen LogP contribution in [0.2, 0.25) is 0 Å². The summed E-state index contributed by atoms with van der Waals surface area (Å²) in [5, 5.41) is 29.9. The summed E-state index contributed by atoms with van der Waals surface area (Å²) >= 11 is 0. The summed E-state index contributed by atoms with van der Waals surface area (Å²) in [6.45, 7) is -0.881. The topological polar surface area (TPSA) is 238 Å². The van der Waals surface area contributed by atoms with E-state index in [2.05, 4.69) is 10.6 Å². The number of urea groups is 2. The van der Waals surface area contributed by atoms with E-state index in [-0.39, 0.29) is 54.8 Å². The molecular formula is C34H40N8O10S2. The number of aromatic hydroxyl groups is 2. The maximum Gasteiger partial charge on any atom is 0.340 e. The van der Waals surface area contributed by atoms with Gasteiger partial charge in [0.2, 0.25) is 0 Å². The molecule has 3 aromatic carbocycles. The van der Waals surface area contributed by atoms with E-state index in [0.717, 1.165) is 27.9 Å². The SMILES string of the molecule is O=C1CN(c2ccc(CCNC(=O)N(C3CCCCC3)N(CCc3ccc(N4CC(=O)NS4(=O)=O)c(O)c3)C(=O)Nc3ccccc3)cc2O)S(=O)(=O)N1. The Labute approximate surface area is 312 Å². The number of phenols is 2. The van der Waals surface area contributed by atoms with Crippen molar-refractivity contribution < 1.29 is 46.2 Å². The van der Waals surface area contributed by atoms with Crippen LogP contribution in [0.4, 0.5) is 26.7 Å². The largest absolute Gasteiger partial charge is 0.506 e. The van der Waals surface area contributed by atoms with E-state index in [4.69, 9.17) is 0 Å². The predicted molar refractivity (Wildman–Crippen MR) is 197 cm³/mol. The lowest BCUT2D eigenvalue weighted by atomic mass is 9.95. The number of hydrogen-bond acceptors (Lipinski definition) is 10. The third kappa shape index (κ3) is 8.54. The number of phenolic OH excluding ortho intramolecular Hbond substituents is 2. The minimum Gasteiger partial charge on any atom is -0.506 e. The zero-order valence-corrected chi connectivity index (χ0v) is 30.6. The van der Waals surface area contributed by atoms with Gasteiger partial charge in [0.25, 0.3) is 11.8 Å². The van der Waals surface area contributed by atoms with Gasteiger partial charge in [-0.05, 0) is 73.2 Å². The van der Waals surface area contributed by atoms with Crippen LogP contribution in [0.25, 0.3) is 0 Å². The second-order valence-corrected chi connectivity index (χ2v) is 16.2. The molecule has 6 N–H and O–H groups in total. The average Bonchev–Trinajstić information content (AvgIpc) is 3.56.